The molecule has 2 atom stereocenters. The zero-order valence-corrected chi connectivity index (χ0v) is 17.6. The number of carbonyl (C=O) groups excluding carboxylic acids is 1. The highest BCUT2D eigenvalue weighted by molar-refractivity contribution is 5.69. The molecule has 2 aliphatic rings. The van der Waals surface area contributed by atoms with E-state index in [9.17, 15) is 9.90 Å². The van der Waals surface area contributed by atoms with Crippen molar-refractivity contribution >= 4 is 6.09 Å². The fourth-order valence-corrected chi connectivity index (χ4v) is 4.85. The number of hydrogen-bond acceptors (Lipinski definition) is 4. The molecule has 2 saturated heterocycles. The van der Waals surface area contributed by atoms with Crippen LogP contribution in [0, 0.1) is 0 Å². The molecule has 5 nitrogen and oxygen atoms in total. The predicted octanol–water partition coefficient (Wildman–Crippen LogP) is 5.02. The molecular weight excluding hydrogens is 378 g/mol. The number of hydrogen-bond donors (Lipinski definition) is 1. The topological polar surface area (TPSA) is 59.0 Å². The van der Waals surface area contributed by atoms with Gasteiger partial charge in [-0.15, -0.1) is 0 Å². The SMILES string of the molecule is CCCOc1cccc(C2(O)CC3CCCC(C2)N3C(=O)OCc2ccccc2)c1. The Morgan fingerprint density at radius 3 is 2.53 bits per heavy atom. The van der Waals surface area contributed by atoms with Gasteiger partial charge in [0.2, 0.25) is 0 Å². The van der Waals surface area contributed by atoms with Crippen LogP contribution in [0.1, 0.15) is 56.6 Å². The van der Waals surface area contributed by atoms with Crippen molar-refractivity contribution in [1.29, 1.82) is 0 Å². The quantitative estimate of drug-likeness (QED) is 0.728. The summed E-state index contributed by atoms with van der Waals surface area (Å²) in [4.78, 5) is 14.8. The molecule has 0 radical (unpaired) electrons. The van der Waals surface area contributed by atoms with Crippen LogP contribution in [-0.2, 0) is 16.9 Å². The predicted molar refractivity (Wildman–Crippen MR) is 115 cm³/mol. The highest BCUT2D eigenvalue weighted by Gasteiger charge is 2.48. The van der Waals surface area contributed by atoms with Crippen LogP contribution in [0.3, 0.4) is 0 Å². The monoisotopic (exact) mass is 409 g/mol. The van der Waals surface area contributed by atoms with Gasteiger partial charge in [0.25, 0.3) is 0 Å². The van der Waals surface area contributed by atoms with Crippen LogP contribution in [0.2, 0.25) is 0 Å². The fourth-order valence-electron chi connectivity index (χ4n) is 4.85. The molecule has 0 aliphatic carbocycles. The summed E-state index contributed by atoms with van der Waals surface area (Å²) in [6, 6.07) is 17.5. The van der Waals surface area contributed by atoms with Gasteiger partial charge in [-0.05, 0) is 48.9 Å². The number of aliphatic hydroxyl groups is 1. The summed E-state index contributed by atoms with van der Waals surface area (Å²) in [6.07, 6.45) is 4.60. The lowest BCUT2D eigenvalue weighted by Crippen LogP contribution is -2.58. The van der Waals surface area contributed by atoms with E-state index in [1.165, 1.54) is 0 Å². The molecule has 5 heteroatoms. The van der Waals surface area contributed by atoms with E-state index >= 15 is 0 Å². The Morgan fingerprint density at radius 1 is 1.10 bits per heavy atom. The molecule has 4 rings (SSSR count). The number of nitrogens with zero attached hydrogens (tertiary/aromatic N) is 1. The first-order valence-electron chi connectivity index (χ1n) is 11.0. The minimum Gasteiger partial charge on any atom is -0.494 e. The van der Waals surface area contributed by atoms with Gasteiger partial charge in [-0.1, -0.05) is 49.4 Å². The van der Waals surface area contributed by atoms with Gasteiger partial charge in [-0.25, -0.2) is 4.79 Å². The van der Waals surface area contributed by atoms with E-state index in [0.29, 0.717) is 19.4 Å². The summed E-state index contributed by atoms with van der Waals surface area (Å²) < 4.78 is 11.4. The van der Waals surface area contributed by atoms with Gasteiger partial charge in [0.05, 0.1) is 12.2 Å². The molecule has 2 heterocycles. The van der Waals surface area contributed by atoms with Gasteiger partial charge in [-0.2, -0.15) is 0 Å². The molecule has 0 saturated carbocycles. The van der Waals surface area contributed by atoms with Crippen LogP contribution >= 0.6 is 0 Å². The minimum absolute atomic E-state index is 0.00834. The van der Waals surface area contributed by atoms with Crippen LogP contribution < -0.4 is 4.74 Å². The third-order valence-corrected chi connectivity index (χ3v) is 6.27. The summed E-state index contributed by atoms with van der Waals surface area (Å²) in [7, 11) is 0. The van der Waals surface area contributed by atoms with E-state index in [1.807, 2.05) is 59.5 Å². The summed E-state index contributed by atoms with van der Waals surface area (Å²) in [5.74, 6) is 0.789. The minimum atomic E-state index is -0.947. The van der Waals surface area contributed by atoms with Crippen LogP contribution in [0.25, 0.3) is 0 Å². The highest BCUT2D eigenvalue weighted by atomic mass is 16.6. The maximum Gasteiger partial charge on any atom is 0.410 e. The molecule has 2 bridgehead atoms. The average Bonchev–Trinajstić information content (AvgIpc) is 2.76. The first-order chi connectivity index (χ1) is 14.6. The molecule has 0 aromatic heterocycles. The first-order valence-corrected chi connectivity index (χ1v) is 11.0. The van der Waals surface area contributed by atoms with Crippen molar-refractivity contribution in [2.75, 3.05) is 6.61 Å². The van der Waals surface area contributed by atoms with Crippen LogP contribution in [0.5, 0.6) is 5.75 Å². The van der Waals surface area contributed by atoms with Crippen molar-refractivity contribution < 1.29 is 19.4 Å². The van der Waals surface area contributed by atoms with Crippen molar-refractivity contribution in [1.82, 2.24) is 4.90 Å². The van der Waals surface area contributed by atoms with E-state index in [0.717, 1.165) is 42.6 Å². The molecule has 2 fully saturated rings. The maximum atomic E-state index is 12.9. The maximum absolute atomic E-state index is 12.9. The third kappa shape index (κ3) is 4.46. The molecule has 2 aromatic carbocycles. The lowest BCUT2D eigenvalue weighted by molar-refractivity contribution is -0.0897. The molecule has 30 heavy (non-hydrogen) atoms. The van der Waals surface area contributed by atoms with E-state index in [4.69, 9.17) is 9.47 Å². The van der Waals surface area contributed by atoms with Crippen molar-refractivity contribution in [2.24, 2.45) is 0 Å². The number of amides is 1. The van der Waals surface area contributed by atoms with E-state index in [2.05, 4.69) is 6.92 Å². The Bertz CT molecular complexity index is 839. The van der Waals surface area contributed by atoms with E-state index < -0.39 is 5.60 Å². The zero-order chi connectivity index (χ0) is 21.0. The summed E-state index contributed by atoms with van der Waals surface area (Å²) in [5.41, 5.74) is 0.913. The molecule has 0 spiro atoms. The van der Waals surface area contributed by atoms with Crippen molar-refractivity contribution in [3.63, 3.8) is 0 Å². The van der Waals surface area contributed by atoms with Gasteiger partial charge in [0, 0.05) is 24.9 Å². The number of carbonyl (C=O) groups is 1. The second-order valence-electron chi connectivity index (χ2n) is 8.50. The number of benzene rings is 2. The van der Waals surface area contributed by atoms with Crippen molar-refractivity contribution in [3.8, 4) is 5.75 Å². The summed E-state index contributed by atoms with van der Waals surface area (Å²) >= 11 is 0. The molecule has 1 amide bonds. The van der Waals surface area contributed by atoms with Gasteiger partial charge in [-0.3, -0.25) is 0 Å². The lowest BCUT2D eigenvalue weighted by atomic mass is 9.72. The summed E-state index contributed by atoms with van der Waals surface area (Å²) in [5, 5.41) is 11.6. The number of piperidine rings is 2. The lowest BCUT2D eigenvalue weighted by Gasteiger charge is -2.51. The average molecular weight is 410 g/mol. The van der Waals surface area contributed by atoms with Crippen LogP contribution in [-0.4, -0.2) is 34.8 Å². The third-order valence-electron chi connectivity index (χ3n) is 6.27. The zero-order valence-electron chi connectivity index (χ0n) is 17.6. The van der Waals surface area contributed by atoms with Gasteiger partial charge < -0.3 is 19.5 Å². The van der Waals surface area contributed by atoms with Gasteiger partial charge in [0.1, 0.15) is 12.4 Å². The van der Waals surface area contributed by atoms with Crippen LogP contribution in [0.15, 0.2) is 54.6 Å². The largest absolute Gasteiger partial charge is 0.494 e. The normalized spacial score (nSPS) is 25.6. The second-order valence-corrected chi connectivity index (χ2v) is 8.50. The Morgan fingerprint density at radius 2 is 1.83 bits per heavy atom. The Hall–Kier alpha value is -2.53. The fraction of sp³-hybridized carbons (Fsp3) is 0.480. The smallest absolute Gasteiger partial charge is 0.410 e. The Balaban J connectivity index is 1.47. The van der Waals surface area contributed by atoms with Gasteiger partial charge >= 0.3 is 6.09 Å². The van der Waals surface area contributed by atoms with Crippen molar-refractivity contribution in [2.45, 2.75) is 69.7 Å². The first kappa shape index (κ1) is 20.7. The Labute approximate surface area is 178 Å². The van der Waals surface area contributed by atoms with Crippen molar-refractivity contribution in [3.05, 3.63) is 65.7 Å². The molecule has 2 aromatic rings. The molecular formula is C25H31NO4. The second kappa shape index (κ2) is 9.09. The van der Waals surface area contributed by atoms with E-state index in [1.54, 1.807) is 0 Å². The standard InChI is InChI=1S/C25H31NO4/c1-2-14-29-23-13-6-10-20(15-23)25(28)16-21-11-7-12-22(17-25)26(21)24(27)30-18-19-8-4-3-5-9-19/h3-6,8-10,13,15,21-22,28H,2,7,11-12,14,16-18H2,1H3. The van der Waals surface area contributed by atoms with E-state index in [-0.39, 0.29) is 24.8 Å². The molecule has 2 aliphatic heterocycles. The molecule has 1 N–H and O–H groups in total. The summed E-state index contributed by atoms with van der Waals surface area (Å²) in [6.45, 7) is 3.01. The number of fused-ring (bicyclic) bond motifs is 2. The number of rotatable bonds is 6. The molecule has 160 valence electrons. The Kier molecular flexibility index (Phi) is 6.28. The van der Waals surface area contributed by atoms with Gasteiger partial charge in [0.15, 0.2) is 0 Å². The molecule has 2 unspecified atom stereocenters. The van der Waals surface area contributed by atoms with Crippen LogP contribution in [0.4, 0.5) is 4.79 Å². The highest BCUT2D eigenvalue weighted by Crippen LogP contribution is 2.45. The number of ether oxygens (including phenoxy) is 2.